The van der Waals surface area contributed by atoms with Crippen molar-refractivity contribution in [3.63, 3.8) is 0 Å². The molecule has 0 aliphatic heterocycles. The number of halogens is 1. The number of hydrogen-bond donors (Lipinski definition) is 1. The molecule has 1 heterocycles. The van der Waals surface area contributed by atoms with Crippen molar-refractivity contribution in [2.24, 2.45) is 11.7 Å². The molecule has 82 valence electrons. The minimum Gasteiger partial charge on any atom is -0.330 e. The standard InChI is InChI=1S/C11H15ClN2O/c1-2-8(6-13)11(15)5-9-3-4-14-7-10(9)12/h3-4,7-8H,2,5-6,13H2,1H3. The summed E-state index contributed by atoms with van der Waals surface area (Å²) in [7, 11) is 0. The molecule has 1 rings (SSSR count). The molecule has 0 radical (unpaired) electrons. The number of hydrogen-bond acceptors (Lipinski definition) is 3. The Kier molecular flexibility index (Phi) is 4.72. The zero-order valence-corrected chi connectivity index (χ0v) is 9.50. The molecule has 0 fully saturated rings. The van der Waals surface area contributed by atoms with E-state index in [1.807, 2.05) is 6.92 Å². The van der Waals surface area contributed by atoms with Crippen LogP contribution in [0.2, 0.25) is 5.02 Å². The first-order valence-corrected chi connectivity index (χ1v) is 5.38. The van der Waals surface area contributed by atoms with Crippen LogP contribution in [0.15, 0.2) is 18.5 Å². The Morgan fingerprint density at radius 1 is 1.67 bits per heavy atom. The van der Waals surface area contributed by atoms with Crippen molar-refractivity contribution in [3.05, 3.63) is 29.0 Å². The molecular formula is C11H15ClN2O. The lowest BCUT2D eigenvalue weighted by atomic mass is 9.96. The van der Waals surface area contributed by atoms with Crippen LogP contribution >= 0.6 is 11.6 Å². The number of aromatic nitrogens is 1. The monoisotopic (exact) mass is 226 g/mol. The molecule has 0 saturated carbocycles. The molecule has 15 heavy (non-hydrogen) atoms. The van der Waals surface area contributed by atoms with Crippen molar-refractivity contribution in [2.75, 3.05) is 6.54 Å². The van der Waals surface area contributed by atoms with Crippen LogP contribution < -0.4 is 5.73 Å². The van der Waals surface area contributed by atoms with E-state index < -0.39 is 0 Å². The highest BCUT2D eigenvalue weighted by atomic mass is 35.5. The van der Waals surface area contributed by atoms with Crippen LogP contribution in [0.5, 0.6) is 0 Å². The predicted octanol–water partition coefficient (Wildman–Crippen LogP) is 1.83. The van der Waals surface area contributed by atoms with Gasteiger partial charge in [-0.25, -0.2) is 0 Å². The average Bonchev–Trinajstić information content (AvgIpc) is 2.23. The van der Waals surface area contributed by atoms with Gasteiger partial charge in [-0.05, 0) is 18.1 Å². The lowest BCUT2D eigenvalue weighted by Crippen LogP contribution is -2.24. The fourth-order valence-corrected chi connectivity index (χ4v) is 1.59. The smallest absolute Gasteiger partial charge is 0.141 e. The maximum Gasteiger partial charge on any atom is 0.141 e. The molecule has 0 aromatic carbocycles. The summed E-state index contributed by atoms with van der Waals surface area (Å²) in [6.45, 7) is 2.36. The maximum absolute atomic E-state index is 11.8. The summed E-state index contributed by atoms with van der Waals surface area (Å²) >= 11 is 5.91. The van der Waals surface area contributed by atoms with Gasteiger partial charge in [0.2, 0.25) is 0 Å². The first-order valence-electron chi connectivity index (χ1n) is 5.00. The van der Waals surface area contributed by atoms with Gasteiger partial charge in [-0.1, -0.05) is 18.5 Å². The third kappa shape index (κ3) is 3.29. The molecule has 0 amide bonds. The summed E-state index contributed by atoms with van der Waals surface area (Å²) in [5.41, 5.74) is 6.33. The van der Waals surface area contributed by atoms with Crippen LogP contribution in [-0.4, -0.2) is 17.3 Å². The molecule has 0 saturated heterocycles. The van der Waals surface area contributed by atoms with Gasteiger partial charge >= 0.3 is 0 Å². The molecular weight excluding hydrogens is 212 g/mol. The lowest BCUT2D eigenvalue weighted by molar-refractivity contribution is -0.122. The SMILES string of the molecule is CCC(CN)C(=O)Cc1ccncc1Cl. The van der Waals surface area contributed by atoms with E-state index in [1.54, 1.807) is 18.5 Å². The van der Waals surface area contributed by atoms with Crippen molar-refractivity contribution in [3.8, 4) is 0 Å². The molecule has 0 aliphatic rings. The Hall–Kier alpha value is -0.930. The summed E-state index contributed by atoms with van der Waals surface area (Å²) in [5.74, 6) is 0.0855. The van der Waals surface area contributed by atoms with Crippen molar-refractivity contribution in [2.45, 2.75) is 19.8 Å². The zero-order valence-electron chi connectivity index (χ0n) is 8.74. The van der Waals surface area contributed by atoms with Crippen molar-refractivity contribution < 1.29 is 4.79 Å². The molecule has 1 atom stereocenters. The fraction of sp³-hybridized carbons (Fsp3) is 0.455. The number of nitrogens with zero attached hydrogens (tertiary/aromatic N) is 1. The fourth-order valence-electron chi connectivity index (χ4n) is 1.41. The third-order valence-corrected chi connectivity index (χ3v) is 2.79. The van der Waals surface area contributed by atoms with Gasteiger partial charge in [-0.15, -0.1) is 0 Å². The van der Waals surface area contributed by atoms with Crippen LogP contribution in [0.1, 0.15) is 18.9 Å². The normalized spacial score (nSPS) is 12.5. The van der Waals surface area contributed by atoms with Gasteiger partial charge in [-0.3, -0.25) is 9.78 Å². The van der Waals surface area contributed by atoms with Crippen molar-refractivity contribution in [1.29, 1.82) is 0 Å². The second-order valence-electron chi connectivity index (χ2n) is 3.45. The Bertz CT molecular complexity index is 337. The van der Waals surface area contributed by atoms with E-state index in [0.717, 1.165) is 12.0 Å². The van der Waals surface area contributed by atoms with Gasteiger partial charge in [0.15, 0.2) is 0 Å². The van der Waals surface area contributed by atoms with Gasteiger partial charge < -0.3 is 5.73 Å². The number of carbonyl (C=O) groups excluding carboxylic acids is 1. The molecule has 3 nitrogen and oxygen atoms in total. The number of pyridine rings is 1. The molecule has 1 unspecified atom stereocenters. The first-order chi connectivity index (χ1) is 7.19. The highest BCUT2D eigenvalue weighted by molar-refractivity contribution is 6.31. The second-order valence-corrected chi connectivity index (χ2v) is 3.86. The van der Waals surface area contributed by atoms with Gasteiger partial charge in [0.05, 0.1) is 5.02 Å². The number of carbonyl (C=O) groups is 1. The molecule has 0 aliphatic carbocycles. The minimum absolute atomic E-state index is 0.0609. The van der Waals surface area contributed by atoms with Gasteiger partial charge in [0.1, 0.15) is 5.78 Å². The van der Waals surface area contributed by atoms with Gasteiger partial charge in [-0.2, -0.15) is 0 Å². The highest BCUT2D eigenvalue weighted by Gasteiger charge is 2.15. The number of nitrogens with two attached hydrogens (primary N) is 1. The summed E-state index contributed by atoms with van der Waals surface area (Å²) < 4.78 is 0. The van der Waals surface area contributed by atoms with Crippen LogP contribution in [0.25, 0.3) is 0 Å². The van der Waals surface area contributed by atoms with Crippen molar-refractivity contribution >= 4 is 17.4 Å². The number of rotatable bonds is 5. The van der Waals surface area contributed by atoms with E-state index in [2.05, 4.69) is 4.98 Å². The number of Topliss-reactive ketones (excluding diaryl/α,β-unsaturated/α-hetero) is 1. The Morgan fingerprint density at radius 2 is 2.40 bits per heavy atom. The van der Waals surface area contributed by atoms with E-state index in [-0.39, 0.29) is 11.7 Å². The maximum atomic E-state index is 11.8. The van der Waals surface area contributed by atoms with E-state index in [0.29, 0.717) is 18.0 Å². The lowest BCUT2D eigenvalue weighted by Gasteiger charge is -2.11. The Balaban J connectivity index is 2.70. The first kappa shape index (κ1) is 12.1. The average molecular weight is 227 g/mol. The molecule has 0 spiro atoms. The molecule has 1 aromatic heterocycles. The summed E-state index contributed by atoms with van der Waals surface area (Å²) in [5, 5.41) is 0.540. The minimum atomic E-state index is -0.0609. The van der Waals surface area contributed by atoms with Gasteiger partial charge in [0, 0.05) is 31.3 Å². The second kappa shape index (κ2) is 5.83. The molecule has 2 N–H and O–H groups in total. The van der Waals surface area contributed by atoms with Crippen molar-refractivity contribution in [1.82, 2.24) is 4.98 Å². The van der Waals surface area contributed by atoms with E-state index in [9.17, 15) is 4.79 Å². The summed E-state index contributed by atoms with van der Waals surface area (Å²) in [4.78, 5) is 15.6. The van der Waals surface area contributed by atoms with E-state index in [1.165, 1.54) is 0 Å². The van der Waals surface area contributed by atoms with Crippen LogP contribution in [0.3, 0.4) is 0 Å². The van der Waals surface area contributed by atoms with Gasteiger partial charge in [0.25, 0.3) is 0 Å². The highest BCUT2D eigenvalue weighted by Crippen LogP contribution is 2.16. The molecule has 4 heteroatoms. The summed E-state index contributed by atoms with van der Waals surface area (Å²) in [6.07, 6.45) is 4.31. The summed E-state index contributed by atoms with van der Waals surface area (Å²) in [6, 6.07) is 1.77. The predicted molar refractivity (Wildman–Crippen MR) is 60.8 cm³/mol. The Morgan fingerprint density at radius 3 is 2.93 bits per heavy atom. The molecule has 0 bridgehead atoms. The topological polar surface area (TPSA) is 56.0 Å². The third-order valence-electron chi connectivity index (χ3n) is 2.45. The van der Waals surface area contributed by atoms with E-state index in [4.69, 9.17) is 17.3 Å². The molecule has 1 aromatic rings. The number of ketones is 1. The van der Waals surface area contributed by atoms with Crippen LogP contribution in [0.4, 0.5) is 0 Å². The van der Waals surface area contributed by atoms with E-state index >= 15 is 0 Å². The zero-order chi connectivity index (χ0) is 11.3. The quantitative estimate of drug-likeness (QED) is 0.834. The van der Waals surface area contributed by atoms with Crippen LogP contribution in [-0.2, 0) is 11.2 Å². The largest absolute Gasteiger partial charge is 0.330 e. The van der Waals surface area contributed by atoms with Crippen LogP contribution in [0, 0.1) is 5.92 Å². The Labute approximate surface area is 94.6 Å².